The number of hydrogen-bond donors (Lipinski definition) is 4. The maximum Gasteiger partial charge on any atom is 0.407 e. The molecular weight excluding hydrogens is 448 g/mol. The number of benzene rings is 2. The lowest BCUT2D eigenvalue weighted by Crippen LogP contribution is -2.39. The van der Waals surface area contributed by atoms with Crippen molar-refractivity contribution < 1.29 is 19.1 Å². The highest BCUT2D eigenvalue weighted by Gasteiger charge is 2.18. The van der Waals surface area contributed by atoms with E-state index in [9.17, 15) is 9.59 Å². The number of anilines is 1. The number of H-pyrrole nitrogens is 1. The molecule has 0 radical (unpaired) electrons. The second kappa shape index (κ2) is 11.1. The van der Waals surface area contributed by atoms with Crippen LogP contribution >= 0.6 is 0 Å². The SMILES string of the molecule is COC[C@@H](CNC(=O)OCc1ccccc1)Nc1cnc(C(N)=O)c(-c2cc3ccccc3[nH]2)n1. The molecule has 2 amide bonds. The van der Waals surface area contributed by atoms with Crippen LogP contribution in [0.1, 0.15) is 16.1 Å². The number of alkyl carbamates (subject to hydrolysis) is 1. The Morgan fingerprint density at radius 2 is 1.89 bits per heavy atom. The summed E-state index contributed by atoms with van der Waals surface area (Å²) >= 11 is 0. The summed E-state index contributed by atoms with van der Waals surface area (Å²) in [6.45, 7) is 0.658. The monoisotopic (exact) mass is 474 g/mol. The van der Waals surface area contributed by atoms with Crippen molar-refractivity contribution in [1.82, 2.24) is 20.3 Å². The molecule has 0 aliphatic carbocycles. The molecule has 0 fully saturated rings. The highest BCUT2D eigenvalue weighted by atomic mass is 16.5. The van der Waals surface area contributed by atoms with Gasteiger partial charge >= 0.3 is 6.09 Å². The lowest BCUT2D eigenvalue weighted by molar-refractivity contribution is 0.0995. The van der Waals surface area contributed by atoms with Gasteiger partial charge in [-0.15, -0.1) is 0 Å². The number of fused-ring (bicyclic) bond motifs is 1. The van der Waals surface area contributed by atoms with Crippen LogP contribution in [0.3, 0.4) is 0 Å². The highest BCUT2D eigenvalue weighted by molar-refractivity contribution is 5.98. The van der Waals surface area contributed by atoms with Gasteiger partial charge in [-0.1, -0.05) is 48.5 Å². The Labute approximate surface area is 201 Å². The molecule has 10 nitrogen and oxygen atoms in total. The van der Waals surface area contributed by atoms with Crippen LogP contribution in [-0.2, 0) is 16.1 Å². The summed E-state index contributed by atoms with van der Waals surface area (Å²) < 4.78 is 10.5. The van der Waals surface area contributed by atoms with Gasteiger partial charge in [0.05, 0.1) is 24.5 Å². The van der Waals surface area contributed by atoms with E-state index >= 15 is 0 Å². The Hall–Kier alpha value is -4.44. The first kappa shape index (κ1) is 23.7. The molecule has 2 aromatic heterocycles. The summed E-state index contributed by atoms with van der Waals surface area (Å²) in [5.74, 6) is -0.292. The summed E-state index contributed by atoms with van der Waals surface area (Å²) in [6, 6.07) is 18.7. The molecule has 180 valence electrons. The van der Waals surface area contributed by atoms with Crippen LogP contribution in [0.25, 0.3) is 22.3 Å². The Morgan fingerprint density at radius 3 is 2.63 bits per heavy atom. The lowest BCUT2D eigenvalue weighted by Gasteiger charge is -2.19. The van der Waals surface area contributed by atoms with Crippen molar-refractivity contribution in [3.05, 3.63) is 78.1 Å². The van der Waals surface area contributed by atoms with E-state index < -0.39 is 12.0 Å². The Morgan fingerprint density at radius 1 is 1.11 bits per heavy atom. The molecule has 35 heavy (non-hydrogen) atoms. The molecule has 0 saturated carbocycles. The Kier molecular flexibility index (Phi) is 7.53. The van der Waals surface area contributed by atoms with Crippen LogP contribution in [0, 0.1) is 0 Å². The van der Waals surface area contributed by atoms with Gasteiger partial charge in [0, 0.05) is 24.6 Å². The highest BCUT2D eigenvalue weighted by Crippen LogP contribution is 2.25. The molecular formula is C25H26N6O4. The normalized spacial score (nSPS) is 11.7. The molecule has 4 aromatic rings. The predicted octanol–water partition coefficient (Wildman–Crippen LogP) is 3.08. The average molecular weight is 475 g/mol. The second-order valence-corrected chi connectivity index (χ2v) is 7.83. The molecule has 0 unspecified atom stereocenters. The average Bonchev–Trinajstić information content (AvgIpc) is 3.31. The minimum absolute atomic E-state index is 0.0491. The van der Waals surface area contributed by atoms with E-state index in [4.69, 9.17) is 15.2 Å². The molecule has 0 aliphatic rings. The van der Waals surface area contributed by atoms with Gasteiger partial charge in [-0.2, -0.15) is 0 Å². The molecule has 10 heteroatoms. The number of rotatable bonds is 10. The number of carbonyl (C=O) groups is 2. The molecule has 5 N–H and O–H groups in total. The number of ether oxygens (including phenoxy) is 2. The zero-order chi connectivity index (χ0) is 24.6. The molecule has 4 rings (SSSR count). The van der Waals surface area contributed by atoms with Crippen molar-refractivity contribution >= 4 is 28.7 Å². The third-order valence-corrected chi connectivity index (χ3v) is 5.22. The van der Waals surface area contributed by atoms with Crippen molar-refractivity contribution in [3.8, 4) is 11.4 Å². The third-order valence-electron chi connectivity index (χ3n) is 5.22. The number of nitrogens with one attached hydrogen (secondary N) is 3. The number of aromatic amines is 1. The number of amides is 2. The van der Waals surface area contributed by atoms with Gasteiger partial charge in [-0.05, 0) is 17.7 Å². The predicted molar refractivity (Wildman–Crippen MR) is 132 cm³/mol. The largest absolute Gasteiger partial charge is 0.445 e. The number of primary amides is 1. The lowest BCUT2D eigenvalue weighted by atomic mass is 10.2. The van der Waals surface area contributed by atoms with Crippen molar-refractivity contribution in [1.29, 1.82) is 0 Å². The number of carbonyl (C=O) groups excluding carboxylic acids is 2. The van der Waals surface area contributed by atoms with Crippen LogP contribution in [0.4, 0.5) is 10.6 Å². The fourth-order valence-electron chi connectivity index (χ4n) is 3.57. The van der Waals surface area contributed by atoms with E-state index in [0.29, 0.717) is 17.2 Å². The van der Waals surface area contributed by atoms with Gasteiger partial charge in [0.25, 0.3) is 5.91 Å². The minimum atomic E-state index is -0.686. The van der Waals surface area contributed by atoms with E-state index in [1.165, 1.54) is 6.20 Å². The van der Waals surface area contributed by atoms with Crippen LogP contribution in [-0.4, -0.2) is 53.3 Å². The Bertz CT molecular complexity index is 1270. The maximum absolute atomic E-state index is 12.1. The first-order valence-corrected chi connectivity index (χ1v) is 11.0. The molecule has 1 atom stereocenters. The quantitative estimate of drug-likeness (QED) is 0.276. The molecule has 0 spiro atoms. The smallest absolute Gasteiger partial charge is 0.407 e. The van der Waals surface area contributed by atoms with Crippen molar-refractivity contribution in [2.24, 2.45) is 5.73 Å². The van der Waals surface area contributed by atoms with Gasteiger partial charge < -0.3 is 30.8 Å². The van der Waals surface area contributed by atoms with E-state index in [-0.39, 0.29) is 31.5 Å². The fourth-order valence-corrected chi connectivity index (χ4v) is 3.57. The molecule has 0 aliphatic heterocycles. The number of hydrogen-bond acceptors (Lipinski definition) is 7. The fraction of sp³-hybridized carbons (Fsp3) is 0.200. The van der Waals surface area contributed by atoms with Gasteiger partial charge in [0.2, 0.25) is 0 Å². The third kappa shape index (κ3) is 6.12. The van der Waals surface area contributed by atoms with Crippen LogP contribution < -0.4 is 16.4 Å². The van der Waals surface area contributed by atoms with Crippen molar-refractivity contribution in [2.45, 2.75) is 12.6 Å². The summed E-state index contributed by atoms with van der Waals surface area (Å²) in [7, 11) is 1.56. The van der Waals surface area contributed by atoms with Crippen LogP contribution in [0.5, 0.6) is 0 Å². The van der Waals surface area contributed by atoms with Crippen LogP contribution in [0.15, 0.2) is 66.9 Å². The molecule has 2 aromatic carbocycles. The van der Waals surface area contributed by atoms with Crippen molar-refractivity contribution in [2.75, 3.05) is 25.6 Å². The zero-order valence-electron chi connectivity index (χ0n) is 19.2. The van der Waals surface area contributed by atoms with E-state index in [1.807, 2.05) is 60.7 Å². The molecule has 0 saturated heterocycles. The number of methoxy groups -OCH3 is 1. The number of nitrogens with two attached hydrogens (primary N) is 1. The van der Waals surface area contributed by atoms with Gasteiger partial charge in [0.1, 0.15) is 18.1 Å². The van der Waals surface area contributed by atoms with Crippen molar-refractivity contribution in [3.63, 3.8) is 0 Å². The summed E-state index contributed by atoms with van der Waals surface area (Å²) in [4.78, 5) is 36.2. The summed E-state index contributed by atoms with van der Waals surface area (Å²) in [6.07, 6.45) is 0.869. The van der Waals surface area contributed by atoms with E-state index in [2.05, 4.69) is 25.6 Å². The van der Waals surface area contributed by atoms with Gasteiger partial charge in [-0.3, -0.25) is 4.79 Å². The Balaban J connectivity index is 1.46. The first-order chi connectivity index (χ1) is 17.0. The number of para-hydroxylation sites is 1. The standard InChI is InChI=1S/C25H26N6O4/c1-34-15-18(12-28-25(33)35-14-16-7-3-2-4-8-16)29-21-13-27-23(24(26)32)22(31-21)20-11-17-9-5-6-10-19(17)30-20/h2-11,13,18,30H,12,14-15H2,1H3,(H2,26,32)(H,28,33)(H,29,31)/t18-/m1/s1. The summed E-state index contributed by atoms with van der Waals surface area (Å²) in [5.41, 5.74) is 8.31. The van der Waals surface area contributed by atoms with Gasteiger partial charge in [0.15, 0.2) is 5.69 Å². The van der Waals surface area contributed by atoms with Gasteiger partial charge in [-0.25, -0.2) is 14.8 Å². The topological polar surface area (TPSA) is 144 Å². The maximum atomic E-state index is 12.1. The second-order valence-electron chi connectivity index (χ2n) is 7.83. The number of aromatic nitrogens is 3. The summed E-state index contributed by atoms with van der Waals surface area (Å²) in [5, 5.41) is 6.87. The minimum Gasteiger partial charge on any atom is -0.445 e. The first-order valence-electron chi connectivity index (χ1n) is 11.0. The van der Waals surface area contributed by atoms with E-state index in [0.717, 1.165) is 16.5 Å². The van der Waals surface area contributed by atoms with Crippen LogP contribution in [0.2, 0.25) is 0 Å². The zero-order valence-corrected chi connectivity index (χ0v) is 19.2. The molecule has 2 heterocycles. The van der Waals surface area contributed by atoms with E-state index in [1.54, 1.807) is 7.11 Å². The number of nitrogens with zero attached hydrogens (tertiary/aromatic N) is 2. The molecule has 0 bridgehead atoms.